The van der Waals surface area contributed by atoms with Gasteiger partial charge in [-0.25, -0.2) is 0 Å². The Bertz CT molecular complexity index is 840. The van der Waals surface area contributed by atoms with Gasteiger partial charge in [-0.2, -0.15) is 0 Å². The van der Waals surface area contributed by atoms with Gasteiger partial charge < -0.3 is 15.2 Å². The van der Waals surface area contributed by atoms with Crippen molar-refractivity contribution >= 4 is 17.8 Å². The predicted molar refractivity (Wildman–Crippen MR) is 180 cm³/mol. The van der Waals surface area contributed by atoms with Crippen LogP contribution in [0.15, 0.2) is 60.8 Å². The number of unbranched alkanes of at least 4 members (excludes halogenated alkanes) is 9. The van der Waals surface area contributed by atoms with Crippen LogP contribution in [-0.2, 0) is 19.1 Å². The van der Waals surface area contributed by atoms with Gasteiger partial charge in [0.05, 0.1) is 6.42 Å². The fraction of sp³-hybridized carbons (Fsp3) is 0.649. The molecule has 1 unspecified atom stereocenters. The van der Waals surface area contributed by atoms with E-state index in [4.69, 9.17) is 9.84 Å². The van der Waals surface area contributed by atoms with E-state index in [2.05, 4.69) is 67.8 Å². The van der Waals surface area contributed by atoms with Gasteiger partial charge in [-0.1, -0.05) is 126 Å². The number of aliphatic carboxylic acids is 1. The second-order valence-electron chi connectivity index (χ2n) is 11.1. The molecule has 0 fully saturated rings. The third kappa shape index (κ3) is 31.9. The fourth-order valence-electron chi connectivity index (χ4n) is 4.53. The van der Waals surface area contributed by atoms with Gasteiger partial charge in [0.25, 0.3) is 0 Å². The smallest absolute Gasteiger partial charge is 0.322 e. The Morgan fingerprint density at radius 1 is 0.628 bits per heavy atom. The standard InChI is InChI=1S/C37H61NO5/c1-3-5-7-9-11-12-13-14-15-16-17-18-19-24-28-32-37(42)43-34(29-25-21-10-8-6-4-2)30-26-22-20-23-27-31-35(39)38-33-36(40)41/h5,7,11-12,14-15,17-18,24,28,34H,3-4,6,8-10,13,16,19-23,25-27,29-33H2,1-2H3,(H,38,39)(H,40,41)/b7-5-,12-11-,15-14-,18-17-,28-24-. The van der Waals surface area contributed by atoms with E-state index >= 15 is 0 Å². The molecule has 0 aromatic rings. The Labute approximate surface area is 262 Å². The van der Waals surface area contributed by atoms with Crippen LogP contribution in [0.25, 0.3) is 0 Å². The number of esters is 1. The molecule has 0 spiro atoms. The number of carboxylic acid groups (broad SMARTS) is 1. The van der Waals surface area contributed by atoms with Gasteiger partial charge in [-0.3, -0.25) is 14.4 Å². The maximum atomic E-state index is 12.5. The van der Waals surface area contributed by atoms with Crippen molar-refractivity contribution in [2.75, 3.05) is 6.54 Å². The molecule has 1 amide bonds. The van der Waals surface area contributed by atoms with E-state index < -0.39 is 5.97 Å². The Morgan fingerprint density at radius 2 is 1.09 bits per heavy atom. The second kappa shape index (κ2) is 32.0. The summed E-state index contributed by atoms with van der Waals surface area (Å²) in [6.45, 7) is 4.05. The molecule has 0 heterocycles. The molecule has 0 rings (SSSR count). The summed E-state index contributed by atoms with van der Waals surface area (Å²) >= 11 is 0. The summed E-state index contributed by atoms with van der Waals surface area (Å²) in [6.07, 6.45) is 40.7. The number of amides is 1. The summed E-state index contributed by atoms with van der Waals surface area (Å²) in [5.74, 6) is -1.38. The van der Waals surface area contributed by atoms with Crippen LogP contribution in [0.4, 0.5) is 0 Å². The highest BCUT2D eigenvalue weighted by atomic mass is 16.5. The predicted octanol–water partition coefficient (Wildman–Crippen LogP) is 9.72. The first-order valence-electron chi connectivity index (χ1n) is 16.9. The first-order chi connectivity index (χ1) is 21.0. The van der Waals surface area contributed by atoms with Crippen LogP contribution < -0.4 is 5.32 Å². The second-order valence-corrected chi connectivity index (χ2v) is 11.1. The first kappa shape index (κ1) is 40.1. The molecule has 0 bridgehead atoms. The van der Waals surface area contributed by atoms with Crippen molar-refractivity contribution in [1.29, 1.82) is 0 Å². The number of carboxylic acids is 1. The Balaban J connectivity index is 4.24. The van der Waals surface area contributed by atoms with E-state index in [0.717, 1.165) is 83.5 Å². The zero-order chi connectivity index (χ0) is 31.6. The number of allylic oxidation sites excluding steroid dienone is 9. The molecule has 0 aromatic carbocycles. The third-order valence-electron chi connectivity index (χ3n) is 6.99. The van der Waals surface area contributed by atoms with Crippen molar-refractivity contribution in [2.45, 2.75) is 148 Å². The Morgan fingerprint density at radius 3 is 1.60 bits per heavy atom. The molecule has 1 atom stereocenters. The van der Waals surface area contributed by atoms with Crippen molar-refractivity contribution in [3.8, 4) is 0 Å². The molecule has 43 heavy (non-hydrogen) atoms. The molecule has 0 aliphatic carbocycles. The SMILES string of the molecule is CC/C=C\C/C=C\C/C=C\C/C=C\C/C=C\CC(=O)OC(CCCCCCCC)CCCCCCCC(=O)NCC(=O)O. The molecular weight excluding hydrogens is 538 g/mol. The quantitative estimate of drug-likeness (QED) is 0.0507. The highest BCUT2D eigenvalue weighted by Crippen LogP contribution is 2.17. The highest BCUT2D eigenvalue weighted by molar-refractivity contribution is 5.80. The maximum absolute atomic E-state index is 12.5. The minimum absolute atomic E-state index is 0.0248. The van der Waals surface area contributed by atoms with E-state index in [1.54, 1.807) is 0 Å². The summed E-state index contributed by atoms with van der Waals surface area (Å²) in [5, 5.41) is 11.0. The van der Waals surface area contributed by atoms with Crippen LogP contribution in [0.5, 0.6) is 0 Å². The molecule has 2 N–H and O–H groups in total. The molecular formula is C37H61NO5. The van der Waals surface area contributed by atoms with Crippen molar-refractivity contribution < 1.29 is 24.2 Å². The summed E-state index contributed by atoms with van der Waals surface area (Å²) in [5.41, 5.74) is 0. The first-order valence-corrected chi connectivity index (χ1v) is 16.9. The van der Waals surface area contributed by atoms with Gasteiger partial charge in [-0.05, 0) is 64.2 Å². The number of ether oxygens (including phenoxy) is 1. The molecule has 0 aliphatic rings. The minimum Gasteiger partial charge on any atom is -0.480 e. The van der Waals surface area contributed by atoms with Crippen molar-refractivity contribution in [2.24, 2.45) is 0 Å². The summed E-state index contributed by atoms with van der Waals surface area (Å²) < 4.78 is 5.88. The molecule has 0 aromatic heterocycles. The summed E-state index contributed by atoms with van der Waals surface area (Å²) in [7, 11) is 0. The summed E-state index contributed by atoms with van der Waals surface area (Å²) in [6, 6.07) is 0. The molecule has 0 saturated heterocycles. The summed E-state index contributed by atoms with van der Waals surface area (Å²) in [4.78, 5) is 34.6. The topological polar surface area (TPSA) is 92.7 Å². The zero-order valence-corrected chi connectivity index (χ0v) is 27.3. The number of rotatable bonds is 29. The molecule has 244 valence electrons. The van der Waals surface area contributed by atoms with Crippen molar-refractivity contribution in [1.82, 2.24) is 5.32 Å². The van der Waals surface area contributed by atoms with Crippen LogP contribution in [0, 0.1) is 0 Å². The number of carbonyl (C=O) groups excluding carboxylic acids is 2. The number of carbonyl (C=O) groups is 3. The van der Waals surface area contributed by atoms with E-state index in [1.165, 1.54) is 32.1 Å². The van der Waals surface area contributed by atoms with E-state index in [0.29, 0.717) is 12.8 Å². The Hall–Kier alpha value is -2.89. The maximum Gasteiger partial charge on any atom is 0.322 e. The van der Waals surface area contributed by atoms with Crippen molar-refractivity contribution in [3.05, 3.63) is 60.8 Å². The average Bonchev–Trinajstić information content (AvgIpc) is 2.99. The normalized spacial score (nSPS) is 12.8. The van der Waals surface area contributed by atoms with Crippen LogP contribution in [0.1, 0.15) is 142 Å². The molecule has 0 aliphatic heterocycles. The minimum atomic E-state index is -1.03. The van der Waals surface area contributed by atoms with Gasteiger partial charge in [0.2, 0.25) is 5.91 Å². The van der Waals surface area contributed by atoms with E-state index in [9.17, 15) is 14.4 Å². The van der Waals surface area contributed by atoms with Gasteiger partial charge >= 0.3 is 11.9 Å². The molecule has 0 saturated carbocycles. The van der Waals surface area contributed by atoms with Crippen molar-refractivity contribution in [3.63, 3.8) is 0 Å². The lowest BCUT2D eigenvalue weighted by atomic mass is 10.0. The number of hydrogen-bond donors (Lipinski definition) is 2. The average molecular weight is 600 g/mol. The van der Waals surface area contributed by atoms with Gasteiger partial charge in [0, 0.05) is 6.42 Å². The molecule has 6 heteroatoms. The van der Waals surface area contributed by atoms with Gasteiger partial charge in [-0.15, -0.1) is 0 Å². The Kier molecular flexibility index (Phi) is 29.9. The van der Waals surface area contributed by atoms with Crippen LogP contribution in [-0.4, -0.2) is 35.6 Å². The van der Waals surface area contributed by atoms with Gasteiger partial charge in [0.15, 0.2) is 0 Å². The third-order valence-corrected chi connectivity index (χ3v) is 6.99. The van der Waals surface area contributed by atoms with Crippen LogP contribution in [0.2, 0.25) is 0 Å². The van der Waals surface area contributed by atoms with E-state index in [-0.39, 0.29) is 24.5 Å². The number of nitrogens with one attached hydrogen (secondary N) is 1. The zero-order valence-electron chi connectivity index (χ0n) is 27.3. The van der Waals surface area contributed by atoms with E-state index in [1.807, 2.05) is 12.2 Å². The fourth-order valence-corrected chi connectivity index (χ4v) is 4.53. The number of hydrogen-bond acceptors (Lipinski definition) is 4. The molecule has 6 nitrogen and oxygen atoms in total. The highest BCUT2D eigenvalue weighted by Gasteiger charge is 2.13. The van der Waals surface area contributed by atoms with Crippen LogP contribution >= 0.6 is 0 Å². The lowest BCUT2D eigenvalue weighted by molar-refractivity contribution is -0.148. The lowest BCUT2D eigenvalue weighted by Gasteiger charge is -2.18. The van der Waals surface area contributed by atoms with Gasteiger partial charge in [0.1, 0.15) is 12.6 Å². The molecule has 0 radical (unpaired) electrons. The van der Waals surface area contributed by atoms with Crippen LogP contribution in [0.3, 0.4) is 0 Å². The largest absolute Gasteiger partial charge is 0.480 e. The lowest BCUT2D eigenvalue weighted by Crippen LogP contribution is -2.28. The monoisotopic (exact) mass is 599 g/mol.